The van der Waals surface area contributed by atoms with Crippen molar-refractivity contribution in [2.24, 2.45) is 0 Å². The maximum Gasteiger partial charge on any atom is 0.265 e. The summed E-state index contributed by atoms with van der Waals surface area (Å²) in [6, 6.07) is 15.6. The zero-order chi connectivity index (χ0) is 19.4. The van der Waals surface area contributed by atoms with Gasteiger partial charge in [-0.3, -0.25) is 10.3 Å². The van der Waals surface area contributed by atoms with Crippen molar-refractivity contribution in [1.29, 1.82) is 5.41 Å². The SMILES string of the molecule is N=C(O[C@H]1OCCN(Cc2ccccc2)[C@@H]1c1ccc(F)cc1)C(Cl)(Cl)Cl. The molecule has 27 heavy (non-hydrogen) atoms. The molecule has 2 atom stereocenters. The topological polar surface area (TPSA) is 45.6 Å². The predicted octanol–water partition coefficient (Wildman–Crippen LogP) is 5.09. The van der Waals surface area contributed by atoms with Gasteiger partial charge in [-0.1, -0.05) is 77.3 Å². The van der Waals surface area contributed by atoms with Crippen LogP contribution in [0.15, 0.2) is 54.6 Å². The highest BCUT2D eigenvalue weighted by Gasteiger charge is 2.39. The molecule has 2 aromatic carbocycles. The molecule has 0 radical (unpaired) electrons. The quantitative estimate of drug-likeness (QED) is 0.417. The van der Waals surface area contributed by atoms with Crippen LogP contribution < -0.4 is 0 Å². The highest BCUT2D eigenvalue weighted by atomic mass is 35.6. The van der Waals surface area contributed by atoms with Crippen LogP contribution in [0.25, 0.3) is 0 Å². The van der Waals surface area contributed by atoms with E-state index >= 15 is 0 Å². The van der Waals surface area contributed by atoms with E-state index in [1.165, 1.54) is 12.1 Å². The molecule has 144 valence electrons. The maximum absolute atomic E-state index is 13.4. The van der Waals surface area contributed by atoms with Gasteiger partial charge in [0.05, 0.1) is 12.6 Å². The molecule has 0 saturated carbocycles. The zero-order valence-corrected chi connectivity index (χ0v) is 16.5. The predicted molar refractivity (Wildman–Crippen MR) is 105 cm³/mol. The lowest BCUT2D eigenvalue weighted by Gasteiger charge is -2.41. The van der Waals surface area contributed by atoms with Gasteiger partial charge in [0.1, 0.15) is 5.82 Å². The van der Waals surface area contributed by atoms with Crippen LogP contribution in [-0.2, 0) is 16.0 Å². The molecule has 0 aromatic heterocycles. The van der Waals surface area contributed by atoms with Crippen molar-refractivity contribution in [3.8, 4) is 0 Å². The van der Waals surface area contributed by atoms with Crippen molar-refractivity contribution < 1.29 is 13.9 Å². The van der Waals surface area contributed by atoms with Gasteiger partial charge in [0.25, 0.3) is 3.79 Å². The molecule has 0 bridgehead atoms. The summed E-state index contributed by atoms with van der Waals surface area (Å²) >= 11 is 17.2. The second-order valence-corrected chi connectivity index (χ2v) is 8.42. The number of nitrogens with one attached hydrogen (secondary N) is 1. The molecule has 2 aromatic rings. The summed E-state index contributed by atoms with van der Waals surface area (Å²) in [6.45, 7) is 1.66. The molecule has 3 rings (SSSR count). The number of ether oxygens (including phenoxy) is 2. The molecule has 4 nitrogen and oxygen atoms in total. The van der Waals surface area contributed by atoms with Gasteiger partial charge in [0.2, 0.25) is 12.2 Å². The fourth-order valence-electron chi connectivity index (χ4n) is 2.99. The summed E-state index contributed by atoms with van der Waals surface area (Å²) < 4.78 is 22.7. The Morgan fingerprint density at radius 3 is 2.44 bits per heavy atom. The molecule has 1 heterocycles. The van der Waals surface area contributed by atoms with Crippen LogP contribution >= 0.6 is 34.8 Å². The van der Waals surface area contributed by atoms with Gasteiger partial charge >= 0.3 is 0 Å². The van der Waals surface area contributed by atoms with E-state index in [1.807, 2.05) is 30.3 Å². The minimum Gasteiger partial charge on any atom is -0.446 e. The first-order valence-electron chi connectivity index (χ1n) is 8.32. The molecule has 1 aliphatic heterocycles. The number of hydrogen-bond acceptors (Lipinski definition) is 4. The summed E-state index contributed by atoms with van der Waals surface area (Å²) in [4.78, 5) is 2.14. The van der Waals surface area contributed by atoms with Gasteiger partial charge < -0.3 is 9.47 Å². The van der Waals surface area contributed by atoms with Crippen LogP contribution in [0, 0.1) is 11.2 Å². The van der Waals surface area contributed by atoms with Crippen LogP contribution in [-0.4, -0.2) is 34.0 Å². The van der Waals surface area contributed by atoms with Crippen LogP contribution in [0.3, 0.4) is 0 Å². The molecule has 0 aliphatic carbocycles. The number of alkyl halides is 3. The Labute approximate surface area is 172 Å². The highest BCUT2D eigenvalue weighted by molar-refractivity contribution is 6.76. The molecule has 0 unspecified atom stereocenters. The Bertz CT molecular complexity index is 769. The van der Waals surface area contributed by atoms with Gasteiger partial charge in [-0.05, 0) is 23.3 Å². The average molecular weight is 432 g/mol. The number of morpholine rings is 1. The third-order valence-electron chi connectivity index (χ3n) is 4.24. The van der Waals surface area contributed by atoms with Gasteiger partial charge in [-0.25, -0.2) is 4.39 Å². The molecule has 0 amide bonds. The van der Waals surface area contributed by atoms with Crippen molar-refractivity contribution in [1.82, 2.24) is 4.90 Å². The van der Waals surface area contributed by atoms with Crippen molar-refractivity contribution in [2.45, 2.75) is 22.7 Å². The molecule has 8 heteroatoms. The van der Waals surface area contributed by atoms with Crippen LogP contribution in [0.1, 0.15) is 17.2 Å². The molecule has 1 aliphatic rings. The van der Waals surface area contributed by atoms with Crippen molar-refractivity contribution in [2.75, 3.05) is 13.2 Å². The van der Waals surface area contributed by atoms with E-state index in [0.717, 1.165) is 11.1 Å². The largest absolute Gasteiger partial charge is 0.446 e. The van der Waals surface area contributed by atoms with Crippen molar-refractivity contribution >= 4 is 40.7 Å². The third kappa shape index (κ3) is 5.33. The standard InChI is InChI=1S/C19H18Cl3FN2O2/c20-19(21,22)18(24)27-17-16(14-6-8-15(23)9-7-14)25(10-11-26-17)12-13-4-2-1-3-5-13/h1-9,16-17,24H,10-12H2/t16-,17-/m1/s1. The van der Waals surface area contributed by atoms with Gasteiger partial charge in [-0.2, -0.15) is 0 Å². The smallest absolute Gasteiger partial charge is 0.265 e. The molecule has 0 spiro atoms. The summed E-state index contributed by atoms with van der Waals surface area (Å²) in [5.74, 6) is -0.859. The monoisotopic (exact) mass is 430 g/mol. The molecular weight excluding hydrogens is 414 g/mol. The lowest BCUT2D eigenvalue weighted by molar-refractivity contribution is -0.176. The van der Waals surface area contributed by atoms with E-state index in [9.17, 15) is 4.39 Å². The first-order valence-corrected chi connectivity index (χ1v) is 9.45. The molecule has 1 saturated heterocycles. The molecule has 1 fully saturated rings. The van der Waals surface area contributed by atoms with E-state index in [4.69, 9.17) is 49.7 Å². The normalized spacial score (nSPS) is 21.0. The first kappa shape index (κ1) is 20.4. The minimum atomic E-state index is -1.99. The van der Waals surface area contributed by atoms with Crippen molar-refractivity contribution in [3.05, 3.63) is 71.5 Å². The fraction of sp³-hybridized carbons (Fsp3) is 0.316. The second kappa shape index (κ2) is 8.76. The summed E-state index contributed by atoms with van der Waals surface area (Å²) in [6.07, 6.45) is -0.865. The van der Waals surface area contributed by atoms with Crippen LogP contribution in [0.5, 0.6) is 0 Å². The Kier molecular flexibility index (Phi) is 6.61. The van der Waals surface area contributed by atoms with E-state index in [2.05, 4.69) is 4.90 Å². The number of hydrogen-bond donors (Lipinski definition) is 1. The number of rotatable bonds is 4. The Morgan fingerprint density at radius 2 is 1.81 bits per heavy atom. The summed E-state index contributed by atoms with van der Waals surface area (Å²) in [5.41, 5.74) is 1.90. The molecule has 1 N–H and O–H groups in total. The highest BCUT2D eigenvalue weighted by Crippen LogP contribution is 2.35. The first-order chi connectivity index (χ1) is 12.8. The van der Waals surface area contributed by atoms with Gasteiger partial charge in [0, 0.05) is 13.1 Å². The van der Waals surface area contributed by atoms with Gasteiger partial charge in [0.15, 0.2) is 0 Å². The van der Waals surface area contributed by atoms with E-state index in [1.54, 1.807) is 12.1 Å². The molecular formula is C19H18Cl3FN2O2. The van der Waals surface area contributed by atoms with Crippen LogP contribution in [0.4, 0.5) is 4.39 Å². The Hall–Kier alpha value is -1.37. The fourth-order valence-corrected chi connectivity index (χ4v) is 3.13. The zero-order valence-electron chi connectivity index (χ0n) is 14.2. The second-order valence-electron chi connectivity index (χ2n) is 6.14. The van der Waals surface area contributed by atoms with Gasteiger partial charge in [-0.15, -0.1) is 0 Å². The lowest BCUT2D eigenvalue weighted by atomic mass is 10.0. The minimum absolute atomic E-state index is 0.336. The van der Waals surface area contributed by atoms with E-state index in [-0.39, 0.29) is 5.82 Å². The number of benzene rings is 2. The van der Waals surface area contributed by atoms with Crippen LogP contribution in [0.2, 0.25) is 0 Å². The number of halogens is 4. The summed E-state index contributed by atoms with van der Waals surface area (Å²) in [5, 5.41) is 7.87. The average Bonchev–Trinajstić information content (AvgIpc) is 2.63. The van der Waals surface area contributed by atoms with Crippen molar-refractivity contribution in [3.63, 3.8) is 0 Å². The summed E-state index contributed by atoms with van der Waals surface area (Å²) in [7, 11) is 0. The Morgan fingerprint density at radius 1 is 1.15 bits per heavy atom. The number of nitrogens with zero attached hydrogens (tertiary/aromatic N) is 1. The third-order valence-corrected chi connectivity index (χ3v) is 4.76. The lowest BCUT2D eigenvalue weighted by Crippen LogP contribution is -2.47. The maximum atomic E-state index is 13.4. The van der Waals surface area contributed by atoms with E-state index in [0.29, 0.717) is 19.7 Å². The van der Waals surface area contributed by atoms with E-state index < -0.39 is 22.0 Å². The Balaban J connectivity index is 1.89.